The predicted molar refractivity (Wildman–Crippen MR) is 85.4 cm³/mol. The molecule has 3 rings (SSSR count). The largest absolute Gasteiger partial charge is 0.492 e. The first-order chi connectivity index (χ1) is 10.5. The van der Waals surface area contributed by atoms with Gasteiger partial charge in [-0.2, -0.15) is 4.31 Å². The first kappa shape index (κ1) is 15.1. The minimum absolute atomic E-state index is 0.339. The molecule has 0 aliphatic carbocycles. The van der Waals surface area contributed by atoms with Crippen molar-refractivity contribution in [1.29, 1.82) is 0 Å². The molecule has 0 unspecified atom stereocenters. The van der Waals surface area contributed by atoms with Crippen LogP contribution in [0, 0.1) is 13.8 Å². The maximum atomic E-state index is 12.9. The Hall–Kier alpha value is -1.85. The Kier molecular flexibility index (Phi) is 3.93. The molecule has 1 aliphatic rings. The highest BCUT2D eigenvalue weighted by Crippen LogP contribution is 2.27. The summed E-state index contributed by atoms with van der Waals surface area (Å²) in [5, 5.41) is 0. The highest BCUT2D eigenvalue weighted by atomic mass is 32.2. The molecule has 2 aromatic carbocycles. The topological polar surface area (TPSA) is 46.6 Å². The van der Waals surface area contributed by atoms with E-state index in [1.54, 1.807) is 12.1 Å². The lowest BCUT2D eigenvalue weighted by Crippen LogP contribution is -2.32. The summed E-state index contributed by atoms with van der Waals surface area (Å²) in [7, 11) is -3.51. The Morgan fingerprint density at radius 3 is 2.59 bits per heavy atom. The van der Waals surface area contributed by atoms with Gasteiger partial charge < -0.3 is 4.74 Å². The molecule has 1 aliphatic heterocycles. The summed E-state index contributed by atoms with van der Waals surface area (Å²) in [4.78, 5) is 0.343. The number of ether oxygens (including phenoxy) is 1. The molecule has 0 saturated carbocycles. The van der Waals surface area contributed by atoms with Gasteiger partial charge in [0.2, 0.25) is 10.0 Å². The molecule has 0 bridgehead atoms. The van der Waals surface area contributed by atoms with Gasteiger partial charge in [0.05, 0.1) is 4.90 Å². The molecular weight excluding hydrogens is 298 g/mol. The van der Waals surface area contributed by atoms with Crippen LogP contribution >= 0.6 is 0 Å². The van der Waals surface area contributed by atoms with Gasteiger partial charge in [-0.3, -0.25) is 0 Å². The van der Waals surface area contributed by atoms with Gasteiger partial charge in [-0.25, -0.2) is 8.42 Å². The fourth-order valence-corrected chi connectivity index (χ4v) is 4.02. The Bertz CT molecular complexity index is 799. The smallest absolute Gasteiger partial charge is 0.243 e. The van der Waals surface area contributed by atoms with Crippen molar-refractivity contribution in [2.45, 2.75) is 25.3 Å². The quantitative estimate of drug-likeness (QED) is 0.855. The van der Waals surface area contributed by atoms with Crippen LogP contribution in [-0.2, 0) is 16.6 Å². The zero-order valence-electron chi connectivity index (χ0n) is 12.7. The lowest BCUT2D eigenvalue weighted by molar-refractivity contribution is 0.293. The van der Waals surface area contributed by atoms with E-state index in [1.807, 2.05) is 44.2 Å². The van der Waals surface area contributed by atoms with E-state index in [4.69, 9.17) is 4.74 Å². The average molecular weight is 317 g/mol. The molecular formula is C17H19NO3S. The summed E-state index contributed by atoms with van der Waals surface area (Å²) < 4.78 is 32.9. The normalized spacial score (nSPS) is 15.7. The van der Waals surface area contributed by atoms with E-state index in [0.29, 0.717) is 24.6 Å². The van der Waals surface area contributed by atoms with Gasteiger partial charge in [-0.05, 0) is 43.2 Å². The van der Waals surface area contributed by atoms with Crippen LogP contribution in [0.5, 0.6) is 5.75 Å². The zero-order chi connectivity index (χ0) is 15.7. The van der Waals surface area contributed by atoms with E-state index in [2.05, 4.69) is 0 Å². The van der Waals surface area contributed by atoms with Crippen LogP contribution < -0.4 is 4.74 Å². The van der Waals surface area contributed by atoms with Gasteiger partial charge in [-0.15, -0.1) is 0 Å². The van der Waals surface area contributed by atoms with Gasteiger partial charge in [0, 0.05) is 18.7 Å². The average Bonchev–Trinajstić information content (AvgIpc) is 2.72. The summed E-state index contributed by atoms with van der Waals surface area (Å²) in [6.45, 7) is 4.95. The molecule has 0 N–H and O–H groups in total. The molecule has 0 saturated heterocycles. The summed E-state index contributed by atoms with van der Waals surface area (Å²) in [5.41, 5.74) is 2.96. The molecule has 0 aromatic heterocycles. The number of sulfonamides is 1. The molecule has 4 nitrogen and oxygen atoms in total. The van der Waals surface area contributed by atoms with E-state index in [-0.39, 0.29) is 0 Å². The molecule has 0 fully saturated rings. The summed E-state index contributed by atoms with van der Waals surface area (Å²) >= 11 is 0. The molecule has 0 amide bonds. The van der Waals surface area contributed by atoms with Crippen LogP contribution in [0.15, 0.2) is 47.4 Å². The number of hydrogen-bond donors (Lipinski definition) is 0. The Balaban J connectivity index is 1.97. The summed E-state index contributed by atoms with van der Waals surface area (Å²) in [6.07, 6.45) is 0. The monoisotopic (exact) mass is 317 g/mol. The van der Waals surface area contributed by atoms with Gasteiger partial charge in [-0.1, -0.05) is 24.3 Å². The minimum atomic E-state index is -3.51. The van der Waals surface area contributed by atoms with E-state index in [9.17, 15) is 8.42 Å². The van der Waals surface area contributed by atoms with Crippen molar-refractivity contribution in [3.63, 3.8) is 0 Å². The second-order valence-corrected chi connectivity index (χ2v) is 7.48. The zero-order valence-corrected chi connectivity index (χ0v) is 13.6. The molecule has 0 spiro atoms. The summed E-state index contributed by atoms with van der Waals surface area (Å²) in [6, 6.07) is 12.8. The van der Waals surface area contributed by atoms with Gasteiger partial charge in [0.15, 0.2) is 0 Å². The third-order valence-corrected chi connectivity index (χ3v) is 5.87. The van der Waals surface area contributed by atoms with E-state index in [0.717, 1.165) is 22.4 Å². The fraction of sp³-hybridized carbons (Fsp3) is 0.294. The maximum absolute atomic E-state index is 12.9. The molecule has 0 radical (unpaired) electrons. The van der Waals surface area contributed by atoms with Crippen LogP contribution in [0.25, 0.3) is 0 Å². The number of para-hydroxylation sites is 1. The van der Waals surface area contributed by atoms with Crippen LogP contribution in [0.3, 0.4) is 0 Å². The Labute approximate surface area is 131 Å². The first-order valence-electron chi connectivity index (χ1n) is 7.26. The van der Waals surface area contributed by atoms with Crippen molar-refractivity contribution in [2.75, 3.05) is 13.2 Å². The van der Waals surface area contributed by atoms with Gasteiger partial charge >= 0.3 is 0 Å². The maximum Gasteiger partial charge on any atom is 0.243 e. The van der Waals surface area contributed by atoms with Crippen LogP contribution in [0.2, 0.25) is 0 Å². The fourth-order valence-electron chi connectivity index (χ4n) is 2.53. The van der Waals surface area contributed by atoms with Crippen molar-refractivity contribution in [3.8, 4) is 5.75 Å². The number of aryl methyl sites for hydroxylation is 2. The molecule has 1 heterocycles. The standard InChI is InChI=1S/C17H19NO3S/c1-13-7-8-16(11-14(13)2)22(19,20)18-9-10-21-17-6-4-3-5-15(17)12-18/h3-8,11H,9-10,12H2,1-2H3. The van der Waals surface area contributed by atoms with E-state index < -0.39 is 10.0 Å². The van der Waals surface area contributed by atoms with E-state index >= 15 is 0 Å². The number of fused-ring (bicyclic) bond motifs is 1. The molecule has 2 aromatic rings. The third kappa shape index (κ3) is 2.74. The highest BCUT2D eigenvalue weighted by Gasteiger charge is 2.27. The van der Waals surface area contributed by atoms with Crippen molar-refractivity contribution in [3.05, 3.63) is 59.2 Å². The predicted octanol–water partition coefficient (Wildman–Crippen LogP) is 2.89. The third-order valence-electron chi connectivity index (χ3n) is 4.03. The van der Waals surface area contributed by atoms with Crippen molar-refractivity contribution in [1.82, 2.24) is 4.31 Å². The SMILES string of the molecule is Cc1ccc(S(=O)(=O)N2CCOc3ccccc3C2)cc1C. The minimum Gasteiger partial charge on any atom is -0.492 e. The first-order valence-corrected chi connectivity index (χ1v) is 8.70. The Morgan fingerprint density at radius 1 is 1.05 bits per heavy atom. The molecule has 5 heteroatoms. The number of nitrogens with zero attached hydrogens (tertiary/aromatic N) is 1. The summed E-state index contributed by atoms with van der Waals surface area (Å²) in [5.74, 6) is 0.764. The lowest BCUT2D eigenvalue weighted by atomic mass is 10.1. The van der Waals surface area contributed by atoms with Crippen molar-refractivity contribution in [2.24, 2.45) is 0 Å². The Morgan fingerprint density at radius 2 is 1.82 bits per heavy atom. The van der Waals surface area contributed by atoms with Crippen LogP contribution in [0.4, 0.5) is 0 Å². The number of rotatable bonds is 2. The second kappa shape index (κ2) is 5.74. The van der Waals surface area contributed by atoms with Gasteiger partial charge in [0.1, 0.15) is 12.4 Å². The molecule has 0 atom stereocenters. The number of benzene rings is 2. The van der Waals surface area contributed by atoms with Crippen LogP contribution in [0.1, 0.15) is 16.7 Å². The van der Waals surface area contributed by atoms with Crippen LogP contribution in [-0.4, -0.2) is 25.9 Å². The number of hydrogen-bond acceptors (Lipinski definition) is 3. The van der Waals surface area contributed by atoms with Crippen molar-refractivity contribution < 1.29 is 13.2 Å². The van der Waals surface area contributed by atoms with Gasteiger partial charge in [0.25, 0.3) is 0 Å². The lowest BCUT2D eigenvalue weighted by Gasteiger charge is -2.20. The van der Waals surface area contributed by atoms with Crippen molar-refractivity contribution >= 4 is 10.0 Å². The second-order valence-electron chi connectivity index (χ2n) is 5.54. The highest BCUT2D eigenvalue weighted by molar-refractivity contribution is 7.89. The molecule has 22 heavy (non-hydrogen) atoms. The molecule has 116 valence electrons. The van der Waals surface area contributed by atoms with E-state index in [1.165, 1.54) is 4.31 Å².